The molecule has 0 radical (unpaired) electrons. The summed E-state index contributed by atoms with van der Waals surface area (Å²) in [4.78, 5) is 31.5. The highest BCUT2D eigenvalue weighted by molar-refractivity contribution is 7.12. The van der Waals surface area contributed by atoms with Crippen LogP contribution in [0.15, 0.2) is 48.1 Å². The molecule has 0 spiro atoms. The van der Waals surface area contributed by atoms with Gasteiger partial charge in [-0.3, -0.25) is 4.79 Å². The number of hydrogen-bond donors (Lipinski definition) is 1. The predicted octanol–water partition coefficient (Wildman–Crippen LogP) is 2.81. The topological polar surface area (TPSA) is 75.4 Å². The standard InChI is InChI=1S/C18H17N3O3S/c22-16(15-6-3-11-25-15)20-9-7-18(8-10-20,17(23)24)21-12-19-13-4-1-2-5-14(13)21/h1-6,11-12H,7-10H2,(H,23,24). The Labute approximate surface area is 148 Å². The van der Waals surface area contributed by atoms with Crippen molar-refractivity contribution < 1.29 is 14.7 Å². The van der Waals surface area contributed by atoms with Crippen molar-refractivity contribution in [2.75, 3.05) is 13.1 Å². The van der Waals surface area contributed by atoms with Gasteiger partial charge < -0.3 is 14.6 Å². The van der Waals surface area contributed by atoms with E-state index in [4.69, 9.17) is 0 Å². The molecule has 4 rings (SSSR count). The molecule has 1 saturated heterocycles. The van der Waals surface area contributed by atoms with E-state index in [1.54, 1.807) is 21.9 Å². The number of para-hydroxylation sites is 2. The van der Waals surface area contributed by atoms with E-state index in [1.165, 1.54) is 11.3 Å². The number of likely N-dealkylation sites (tertiary alicyclic amines) is 1. The van der Waals surface area contributed by atoms with Crippen molar-refractivity contribution in [1.29, 1.82) is 0 Å². The first-order valence-electron chi connectivity index (χ1n) is 8.10. The van der Waals surface area contributed by atoms with E-state index in [1.807, 2.05) is 35.7 Å². The second-order valence-electron chi connectivity index (χ2n) is 6.21. The lowest BCUT2D eigenvalue weighted by molar-refractivity contribution is -0.149. The van der Waals surface area contributed by atoms with Gasteiger partial charge in [-0.2, -0.15) is 0 Å². The third kappa shape index (κ3) is 2.51. The molecule has 1 amide bonds. The van der Waals surface area contributed by atoms with Gasteiger partial charge in [0.15, 0.2) is 0 Å². The molecular formula is C18H17N3O3S. The van der Waals surface area contributed by atoms with Crippen molar-refractivity contribution >= 4 is 34.2 Å². The number of benzene rings is 1. The van der Waals surface area contributed by atoms with Crippen molar-refractivity contribution in [3.8, 4) is 0 Å². The number of amides is 1. The number of carboxylic acid groups (broad SMARTS) is 1. The molecule has 1 N–H and O–H groups in total. The molecule has 1 aromatic carbocycles. The molecule has 0 aliphatic carbocycles. The van der Waals surface area contributed by atoms with Gasteiger partial charge in [-0.15, -0.1) is 11.3 Å². The van der Waals surface area contributed by atoms with E-state index in [2.05, 4.69) is 4.98 Å². The van der Waals surface area contributed by atoms with Crippen LogP contribution in [0.1, 0.15) is 22.5 Å². The Balaban J connectivity index is 1.64. The molecule has 25 heavy (non-hydrogen) atoms. The zero-order chi connectivity index (χ0) is 17.4. The Bertz CT molecular complexity index is 924. The molecule has 3 heterocycles. The fraction of sp³-hybridized carbons (Fsp3) is 0.278. The lowest BCUT2D eigenvalue weighted by atomic mass is 9.86. The smallest absolute Gasteiger partial charge is 0.330 e. The van der Waals surface area contributed by atoms with E-state index >= 15 is 0 Å². The average molecular weight is 355 g/mol. The fourth-order valence-corrected chi connectivity index (χ4v) is 4.18. The summed E-state index contributed by atoms with van der Waals surface area (Å²) in [6.07, 6.45) is 2.33. The lowest BCUT2D eigenvalue weighted by Gasteiger charge is -2.39. The van der Waals surface area contributed by atoms with E-state index < -0.39 is 11.5 Å². The molecule has 2 aromatic heterocycles. The van der Waals surface area contributed by atoms with Gasteiger partial charge in [0.25, 0.3) is 5.91 Å². The molecule has 0 atom stereocenters. The molecule has 128 valence electrons. The molecule has 3 aromatic rings. The summed E-state index contributed by atoms with van der Waals surface area (Å²) in [5, 5.41) is 11.9. The number of fused-ring (bicyclic) bond motifs is 1. The van der Waals surface area contributed by atoms with Crippen LogP contribution in [0.5, 0.6) is 0 Å². The van der Waals surface area contributed by atoms with Crippen LogP contribution < -0.4 is 0 Å². The monoisotopic (exact) mass is 355 g/mol. The van der Waals surface area contributed by atoms with Crippen LogP contribution in [0.4, 0.5) is 0 Å². The van der Waals surface area contributed by atoms with Gasteiger partial charge in [-0.25, -0.2) is 9.78 Å². The summed E-state index contributed by atoms with van der Waals surface area (Å²) in [5.74, 6) is -0.900. The first kappa shape index (κ1) is 15.8. The Morgan fingerprint density at radius 2 is 1.88 bits per heavy atom. The van der Waals surface area contributed by atoms with Gasteiger partial charge in [-0.05, 0) is 36.4 Å². The predicted molar refractivity (Wildman–Crippen MR) is 94.8 cm³/mol. The second kappa shape index (κ2) is 6.00. The number of nitrogens with zero attached hydrogens (tertiary/aromatic N) is 3. The highest BCUT2D eigenvalue weighted by Crippen LogP contribution is 2.34. The number of hydrogen-bond acceptors (Lipinski definition) is 4. The maximum absolute atomic E-state index is 12.5. The SMILES string of the molecule is O=C(c1cccs1)N1CCC(C(=O)O)(n2cnc3ccccc32)CC1. The molecule has 1 aliphatic rings. The van der Waals surface area contributed by atoms with Gasteiger partial charge >= 0.3 is 5.97 Å². The van der Waals surface area contributed by atoms with Gasteiger partial charge in [-0.1, -0.05) is 18.2 Å². The summed E-state index contributed by atoms with van der Waals surface area (Å²) < 4.78 is 1.76. The molecule has 1 fully saturated rings. The van der Waals surface area contributed by atoms with Crippen molar-refractivity contribution in [2.24, 2.45) is 0 Å². The molecule has 0 saturated carbocycles. The van der Waals surface area contributed by atoms with Gasteiger partial charge in [0.2, 0.25) is 0 Å². The summed E-state index contributed by atoms with van der Waals surface area (Å²) in [7, 11) is 0. The third-order valence-electron chi connectivity index (χ3n) is 4.92. The second-order valence-corrected chi connectivity index (χ2v) is 7.16. The van der Waals surface area contributed by atoms with Crippen molar-refractivity contribution in [3.05, 3.63) is 53.0 Å². The maximum Gasteiger partial charge on any atom is 0.330 e. The molecule has 6 nitrogen and oxygen atoms in total. The zero-order valence-corrected chi connectivity index (χ0v) is 14.3. The van der Waals surface area contributed by atoms with E-state index in [0.717, 1.165) is 11.0 Å². The lowest BCUT2D eigenvalue weighted by Crippen LogP contribution is -2.52. The summed E-state index contributed by atoms with van der Waals surface area (Å²) in [6.45, 7) is 0.824. The number of rotatable bonds is 3. The van der Waals surface area contributed by atoms with E-state index in [9.17, 15) is 14.7 Å². The highest BCUT2D eigenvalue weighted by atomic mass is 32.1. The van der Waals surface area contributed by atoms with Crippen molar-refractivity contribution in [3.63, 3.8) is 0 Å². The number of carbonyl (C=O) groups excluding carboxylic acids is 1. The third-order valence-corrected chi connectivity index (χ3v) is 5.78. The number of carboxylic acids is 1. The maximum atomic E-state index is 12.5. The molecule has 7 heteroatoms. The number of piperidine rings is 1. The number of aliphatic carboxylic acids is 1. The quantitative estimate of drug-likeness (QED) is 0.784. The van der Waals surface area contributed by atoms with Crippen LogP contribution in [0.3, 0.4) is 0 Å². The Kier molecular flexibility index (Phi) is 3.80. The molecule has 1 aliphatic heterocycles. The van der Waals surface area contributed by atoms with Crippen LogP contribution in [-0.2, 0) is 10.3 Å². The number of thiophene rings is 1. The van der Waals surface area contributed by atoms with E-state index in [0.29, 0.717) is 30.8 Å². The molecular weight excluding hydrogens is 338 g/mol. The van der Waals surface area contributed by atoms with E-state index in [-0.39, 0.29) is 5.91 Å². The van der Waals surface area contributed by atoms with Crippen LogP contribution in [0.25, 0.3) is 11.0 Å². The van der Waals surface area contributed by atoms with Crippen LogP contribution in [-0.4, -0.2) is 44.5 Å². The Morgan fingerprint density at radius 3 is 2.56 bits per heavy atom. The van der Waals surface area contributed by atoms with Crippen molar-refractivity contribution in [2.45, 2.75) is 18.4 Å². The fourth-order valence-electron chi connectivity index (χ4n) is 3.49. The van der Waals surface area contributed by atoms with Gasteiger partial charge in [0.1, 0.15) is 5.54 Å². The van der Waals surface area contributed by atoms with Crippen molar-refractivity contribution in [1.82, 2.24) is 14.5 Å². The Hall–Kier alpha value is -2.67. The highest BCUT2D eigenvalue weighted by Gasteiger charge is 2.45. The first-order valence-corrected chi connectivity index (χ1v) is 8.98. The summed E-state index contributed by atoms with van der Waals surface area (Å²) >= 11 is 1.41. The minimum atomic E-state index is -1.07. The normalized spacial score (nSPS) is 16.9. The van der Waals surface area contributed by atoms with Gasteiger partial charge in [0.05, 0.1) is 22.2 Å². The summed E-state index contributed by atoms with van der Waals surface area (Å²) in [5.41, 5.74) is 0.519. The van der Waals surface area contributed by atoms with Crippen LogP contribution in [0.2, 0.25) is 0 Å². The van der Waals surface area contributed by atoms with Gasteiger partial charge in [0, 0.05) is 13.1 Å². The zero-order valence-electron chi connectivity index (χ0n) is 13.5. The minimum Gasteiger partial charge on any atom is -0.479 e. The Morgan fingerprint density at radius 1 is 1.12 bits per heavy atom. The number of imidazole rings is 1. The molecule has 0 unspecified atom stereocenters. The largest absolute Gasteiger partial charge is 0.479 e. The number of carbonyl (C=O) groups is 2. The van der Waals surface area contributed by atoms with Crippen LogP contribution in [0, 0.1) is 0 Å². The summed E-state index contributed by atoms with van der Waals surface area (Å²) in [6, 6.07) is 11.2. The minimum absolute atomic E-state index is 0.0236. The first-order chi connectivity index (χ1) is 12.1. The molecule has 0 bridgehead atoms. The number of aromatic nitrogens is 2. The average Bonchev–Trinajstić information content (AvgIpc) is 3.31. The van der Waals surface area contributed by atoms with Crippen LogP contribution >= 0.6 is 11.3 Å².